The van der Waals surface area contributed by atoms with Gasteiger partial charge in [-0.05, 0) is 49.2 Å². The van der Waals surface area contributed by atoms with Crippen LogP contribution in [-0.2, 0) is 4.79 Å². The molecule has 3 N–H and O–H groups in total. The number of anilines is 3. The van der Waals surface area contributed by atoms with Crippen LogP contribution in [0.15, 0.2) is 30.3 Å². The molecule has 3 aromatic rings. The van der Waals surface area contributed by atoms with E-state index in [0.29, 0.717) is 28.5 Å². The van der Waals surface area contributed by atoms with Gasteiger partial charge in [-0.3, -0.25) is 4.79 Å². The molecule has 0 radical (unpaired) electrons. The van der Waals surface area contributed by atoms with Gasteiger partial charge < -0.3 is 16.0 Å². The van der Waals surface area contributed by atoms with Crippen molar-refractivity contribution in [3.8, 4) is 0 Å². The van der Waals surface area contributed by atoms with Crippen molar-refractivity contribution in [3.63, 3.8) is 0 Å². The summed E-state index contributed by atoms with van der Waals surface area (Å²) < 4.78 is 14.4. The van der Waals surface area contributed by atoms with Gasteiger partial charge >= 0.3 is 6.03 Å². The van der Waals surface area contributed by atoms with Crippen LogP contribution in [0.2, 0.25) is 0 Å². The second kappa shape index (κ2) is 7.71. The number of rotatable bonds is 4. The first-order valence-electron chi connectivity index (χ1n) is 8.41. The maximum absolute atomic E-state index is 13.6. The van der Waals surface area contributed by atoms with Gasteiger partial charge in [0, 0.05) is 17.8 Å². The summed E-state index contributed by atoms with van der Waals surface area (Å²) in [6, 6.07) is 7.62. The van der Waals surface area contributed by atoms with Crippen molar-refractivity contribution in [3.05, 3.63) is 47.3 Å². The van der Waals surface area contributed by atoms with Crippen molar-refractivity contribution >= 4 is 50.0 Å². The Morgan fingerprint density at radius 3 is 2.48 bits per heavy atom. The Morgan fingerprint density at radius 1 is 1.04 bits per heavy atom. The number of carbonyl (C=O) groups is 2. The summed E-state index contributed by atoms with van der Waals surface area (Å²) in [7, 11) is 0. The molecule has 6 nitrogen and oxygen atoms in total. The van der Waals surface area contributed by atoms with Crippen LogP contribution in [0.5, 0.6) is 0 Å². The fourth-order valence-electron chi connectivity index (χ4n) is 2.49. The summed E-state index contributed by atoms with van der Waals surface area (Å²) in [4.78, 5) is 28.2. The molecular formula is C19H19FN4O2S. The third-order valence-electron chi connectivity index (χ3n) is 3.94. The lowest BCUT2D eigenvalue weighted by molar-refractivity contribution is -0.115. The van der Waals surface area contributed by atoms with Crippen LogP contribution in [0.4, 0.5) is 25.7 Å². The van der Waals surface area contributed by atoms with E-state index in [-0.39, 0.29) is 11.7 Å². The van der Waals surface area contributed by atoms with Gasteiger partial charge in [0.1, 0.15) is 5.82 Å². The zero-order valence-electron chi connectivity index (χ0n) is 15.1. The first kappa shape index (κ1) is 18.8. The number of thiazole rings is 1. The quantitative estimate of drug-likeness (QED) is 0.587. The number of aryl methyl sites for hydroxylation is 2. The van der Waals surface area contributed by atoms with Gasteiger partial charge in [-0.2, -0.15) is 0 Å². The minimum atomic E-state index is -0.471. The molecule has 1 aromatic heterocycles. The number of nitrogens with zero attached hydrogens (tertiary/aromatic N) is 1. The Kier molecular flexibility index (Phi) is 5.36. The van der Waals surface area contributed by atoms with Gasteiger partial charge in [-0.25, -0.2) is 14.2 Å². The van der Waals surface area contributed by atoms with Gasteiger partial charge in [0.05, 0.1) is 10.2 Å². The van der Waals surface area contributed by atoms with Crippen LogP contribution in [-0.4, -0.2) is 16.9 Å². The molecule has 0 bridgehead atoms. The van der Waals surface area contributed by atoms with Gasteiger partial charge in [0.25, 0.3) is 0 Å². The van der Waals surface area contributed by atoms with Gasteiger partial charge in [-0.15, -0.1) is 0 Å². The molecule has 3 amide bonds. The SMILES string of the molecule is CCC(=O)Nc1nc2c(C)cc(NC(=O)Nc3ccc(C)c(F)c3)cc2s1. The Labute approximate surface area is 159 Å². The Bertz CT molecular complexity index is 1030. The topological polar surface area (TPSA) is 83.1 Å². The Balaban J connectivity index is 1.76. The number of hydrogen-bond acceptors (Lipinski definition) is 4. The number of urea groups is 1. The number of halogens is 1. The highest BCUT2D eigenvalue weighted by Crippen LogP contribution is 2.31. The second-order valence-corrected chi connectivity index (χ2v) is 7.13. The molecule has 0 atom stereocenters. The van der Waals surface area contributed by atoms with Crippen molar-refractivity contribution in [2.24, 2.45) is 0 Å². The summed E-state index contributed by atoms with van der Waals surface area (Å²) >= 11 is 1.34. The van der Waals surface area contributed by atoms with E-state index in [4.69, 9.17) is 0 Å². The molecule has 1 heterocycles. The molecule has 0 fully saturated rings. The third kappa shape index (κ3) is 4.40. The van der Waals surface area contributed by atoms with Gasteiger partial charge in [-0.1, -0.05) is 24.3 Å². The van der Waals surface area contributed by atoms with Crippen LogP contribution >= 0.6 is 11.3 Å². The molecule has 0 aliphatic heterocycles. The lowest BCUT2D eigenvalue weighted by atomic mass is 10.2. The van der Waals surface area contributed by atoms with Crippen LogP contribution in [0.3, 0.4) is 0 Å². The number of carbonyl (C=O) groups excluding carboxylic acids is 2. The fraction of sp³-hybridized carbons (Fsp3) is 0.211. The molecule has 140 valence electrons. The van der Waals surface area contributed by atoms with Crippen molar-refractivity contribution in [2.75, 3.05) is 16.0 Å². The summed E-state index contributed by atoms with van der Waals surface area (Å²) in [5, 5.41) is 8.61. The van der Waals surface area contributed by atoms with Crippen molar-refractivity contribution < 1.29 is 14.0 Å². The maximum atomic E-state index is 13.6. The summed E-state index contributed by atoms with van der Waals surface area (Å²) in [6.45, 7) is 5.31. The van der Waals surface area contributed by atoms with Crippen LogP contribution in [0.1, 0.15) is 24.5 Å². The Hall–Kier alpha value is -3.00. The van der Waals surface area contributed by atoms with Crippen molar-refractivity contribution in [1.82, 2.24) is 4.98 Å². The molecule has 8 heteroatoms. The van der Waals surface area contributed by atoms with Crippen LogP contribution in [0, 0.1) is 19.7 Å². The fourth-order valence-corrected chi connectivity index (χ4v) is 3.49. The molecule has 2 aromatic carbocycles. The first-order chi connectivity index (χ1) is 12.9. The minimum Gasteiger partial charge on any atom is -0.308 e. The van der Waals surface area contributed by atoms with E-state index in [2.05, 4.69) is 20.9 Å². The maximum Gasteiger partial charge on any atom is 0.323 e. The number of hydrogen-bond donors (Lipinski definition) is 3. The van der Waals surface area contributed by atoms with E-state index in [9.17, 15) is 14.0 Å². The van der Waals surface area contributed by atoms with Crippen molar-refractivity contribution in [1.29, 1.82) is 0 Å². The highest BCUT2D eigenvalue weighted by molar-refractivity contribution is 7.22. The molecule has 27 heavy (non-hydrogen) atoms. The Morgan fingerprint density at radius 2 is 1.78 bits per heavy atom. The molecule has 0 saturated carbocycles. The van der Waals surface area contributed by atoms with E-state index >= 15 is 0 Å². The highest BCUT2D eigenvalue weighted by Gasteiger charge is 2.11. The lowest BCUT2D eigenvalue weighted by Crippen LogP contribution is -2.19. The minimum absolute atomic E-state index is 0.102. The smallest absolute Gasteiger partial charge is 0.308 e. The van der Waals surface area contributed by atoms with E-state index < -0.39 is 6.03 Å². The van der Waals surface area contributed by atoms with E-state index in [0.717, 1.165) is 15.8 Å². The number of fused-ring (bicyclic) bond motifs is 1. The molecule has 0 spiro atoms. The molecule has 3 rings (SSSR count). The predicted molar refractivity (Wildman–Crippen MR) is 107 cm³/mol. The monoisotopic (exact) mass is 386 g/mol. The average molecular weight is 386 g/mol. The normalized spacial score (nSPS) is 10.7. The summed E-state index contributed by atoms with van der Waals surface area (Å²) in [5.41, 5.74) is 3.12. The van der Waals surface area contributed by atoms with E-state index in [1.807, 2.05) is 6.92 Å². The van der Waals surface area contributed by atoms with E-state index in [1.165, 1.54) is 17.4 Å². The molecule has 0 saturated heterocycles. The van der Waals surface area contributed by atoms with Crippen LogP contribution in [0.25, 0.3) is 10.2 Å². The second-order valence-electron chi connectivity index (χ2n) is 6.10. The average Bonchev–Trinajstić information content (AvgIpc) is 3.01. The van der Waals surface area contributed by atoms with Gasteiger partial charge in [0.2, 0.25) is 5.91 Å². The number of benzene rings is 2. The first-order valence-corrected chi connectivity index (χ1v) is 9.22. The van der Waals surface area contributed by atoms with Crippen molar-refractivity contribution in [2.45, 2.75) is 27.2 Å². The zero-order valence-corrected chi connectivity index (χ0v) is 16.0. The molecule has 0 aliphatic carbocycles. The molecule has 0 aliphatic rings. The van der Waals surface area contributed by atoms with Crippen LogP contribution < -0.4 is 16.0 Å². The third-order valence-corrected chi connectivity index (χ3v) is 4.86. The number of nitrogens with one attached hydrogen (secondary N) is 3. The molecule has 0 unspecified atom stereocenters. The van der Waals surface area contributed by atoms with Gasteiger partial charge in [0.15, 0.2) is 5.13 Å². The number of amides is 3. The zero-order chi connectivity index (χ0) is 19.6. The lowest BCUT2D eigenvalue weighted by Gasteiger charge is -2.09. The summed E-state index contributed by atoms with van der Waals surface area (Å²) in [6.07, 6.45) is 0.376. The van der Waals surface area contributed by atoms with E-state index in [1.54, 1.807) is 38.1 Å². The standard InChI is InChI=1S/C19H19FN4O2S/c1-4-16(25)23-19-24-17-11(3)7-13(9-15(17)27-19)22-18(26)21-12-6-5-10(2)14(20)8-12/h5-9H,4H2,1-3H3,(H2,21,22,26)(H,23,24,25). The highest BCUT2D eigenvalue weighted by atomic mass is 32.1. The largest absolute Gasteiger partial charge is 0.323 e. The predicted octanol–water partition coefficient (Wildman–Crippen LogP) is 5.04. The summed E-state index contributed by atoms with van der Waals surface area (Å²) in [5.74, 6) is -0.480. The number of aromatic nitrogens is 1. The molecular weight excluding hydrogens is 367 g/mol.